The van der Waals surface area contributed by atoms with Gasteiger partial charge < -0.3 is 9.52 Å². The number of rotatable bonds is 2. The van der Waals surface area contributed by atoms with Crippen molar-refractivity contribution in [2.75, 3.05) is 0 Å². The number of aromatic nitrogens is 2. The van der Waals surface area contributed by atoms with Crippen LogP contribution >= 0.6 is 15.9 Å². The Morgan fingerprint density at radius 2 is 2.15 bits per heavy atom. The van der Waals surface area contributed by atoms with E-state index in [2.05, 4.69) is 25.9 Å². The normalized spacial score (nSPS) is 12.8. The van der Waals surface area contributed by atoms with E-state index in [0.29, 0.717) is 17.1 Å². The van der Waals surface area contributed by atoms with Gasteiger partial charge in [-0.15, -0.1) is 0 Å². The summed E-state index contributed by atoms with van der Waals surface area (Å²) < 4.78 is 6.71. The van der Waals surface area contributed by atoms with Crippen LogP contribution < -0.4 is 0 Å². The van der Waals surface area contributed by atoms with Crippen LogP contribution in [0.1, 0.15) is 24.2 Å². The van der Waals surface area contributed by atoms with Crippen LogP contribution in [-0.2, 0) is 0 Å². The fourth-order valence-electron chi connectivity index (χ4n) is 2.02. The number of pyridine rings is 1. The summed E-state index contributed by atoms with van der Waals surface area (Å²) in [5.41, 5.74) is 3.84. The minimum Gasteiger partial charge on any atom is -0.418 e. The molecular formula is C15H13BrN2O2. The number of halogens is 1. The van der Waals surface area contributed by atoms with E-state index >= 15 is 0 Å². The van der Waals surface area contributed by atoms with Crippen molar-refractivity contribution in [3.8, 4) is 11.5 Å². The molecular weight excluding hydrogens is 320 g/mol. The van der Waals surface area contributed by atoms with Crippen LogP contribution in [0.2, 0.25) is 0 Å². The fraction of sp³-hybridized carbons (Fsp3) is 0.200. The van der Waals surface area contributed by atoms with Crippen LogP contribution in [0.25, 0.3) is 22.7 Å². The Morgan fingerprint density at radius 3 is 2.90 bits per heavy atom. The predicted octanol–water partition coefficient (Wildman–Crippen LogP) is 4.01. The smallest absolute Gasteiger partial charge is 0.247 e. The molecule has 2 aromatic heterocycles. The molecule has 20 heavy (non-hydrogen) atoms. The van der Waals surface area contributed by atoms with Gasteiger partial charge in [0.25, 0.3) is 0 Å². The largest absolute Gasteiger partial charge is 0.418 e. The van der Waals surface area contributed by atoms with Crippen molar-refractivity contribution in [1.29, 1.82) is 0 Å². The minimum absolute atomic E-state index is 0.476. The summed E-state index contributed by atoms with van der Waals surface area (Å²) in [6.07, 6.45) is 1.04. The molecule has 1 unspecified atom stereocenters. The lowest BCUT2D eigenvalue weighted by Gasteiger charge is -2.02. The Morgan fingerprint density at radius 1 is 1.35 bits per heavy atom. The molecule has 3 rings (SSSR count). The van der Waals surface area contributed by atoms with Crippen LogP contribution in [0, 0.1) is 6.92 Å². The van der Waals surface area contributed by atoms with E-state index in [4.69, 9.17) is 4.42 Å². The second-order valence-corrected chi connectivity index (χ2v) is 5.55. The average Bonchev–Trinajstić information content (AvgIpc) is 2.84. The molecule has 0 saturated heterocycles. The second kappa shape index (κ2) is 5.00. The number of oxazole rings is 1. The topological polar surface area (TPSA) is 59.2 Å². The molecule has 0 bridgehead atoms. The molecule has 0 saturated carbocycles. The maximum Gasteiger partial charge on any atom is 0.247 e. The highest BCUT2D eigenvalue weighted by Gasteiger charge is 2.14. The third kappa shape index (κ3) is 2.23. The van der Waals surface area contributed by atoms with Crippen molar-refractivity contribution >= 4 is 27.2 Å². The summed E-state index contributed by atoms with van der Waals surface area (Å²) in [4.78, 5) is 8.67. The molecule has 2 heterocycles. The maximum absolute atomic E-state index is 9.58. The number of hydrogen-bond acceptors (Lipinski definition) is 4. The van der Waals surface area contributed by atoms with E-state index < -0.39 is 6.10 Å². The van der Waals surface area contributed by atoms with Crippen LogP contribution in [0.4, 0.5) is 0 Å². The van der Waals surface area contributed by atoms with Crippen molar-refractivity contribution in [1.82, 2.24) is 9.97 Å². The SMILES string of the molecule is Cc1c(Br)cccc1-c1nc2cc(C(C)O)cnc2o1. The molecule has 0 amide bonds. The molecule has 3 aromatic rings. The third-order valence-corrected chi connectivity index (χ3v) is 4.11. The number of benzene rings is 1. The van der Waals surface area contributed by atoms with Crippen molar-refractivity contribution in [2.24, 2.45) is 0 Å². The molecule has 0 radical (unpaired) electrons. The van der Waals surface area contributed by atoms with Crippen molar-refractivity contribution in [3.63, 3.8) is 0 Å². The summed E-state index contributed by atoms with van der Waals surface area (Å²) >= 11 is 3.50. The number of aliphatic hydroxyl groups excluding tert-OH is 1. The van der Waals surface area contributed by atoms with Gasteiger partial charge in [0, 0.05) is 21.8 Å². The number of nitrogens with zero attached hydrogens (tertiary/aromatic N) is 2. The summed E-state index contributed by atoms with van der Waals surface area (Å²) in [6.45, 7) is 3.70. The minimum atomic E-state index is -0.570. The zero-order valence-corrected chi connectivity index (χ0v) is 12.7. The average molecular weight is 333 g/mol. The zero-order valence-electron chi connectivity index (χ0n) is 11.1. The van der Waals surface area contributed by atoms with Gasteiger partial charge in [-0.25, -0.2) is 9.97 Å². The van der Waals surface area contributed by atoms with Crippen LogP contribution in [0.3, 0.4) is 0 Å². The summed E-state index contributed by atoms with van der Waals surface area (Å²) in [5, 5.41) is 9.58. The van der Waals surface area contributed by atoms with Crippen molar-refractivity contribution in [3.05, 3.63) is 46.1 Å². The lowest BCUT2D eigenvalue weighted by atomic mass is 10.1. The molecule has 5 heteroatoms. The standard InChI is InChI=1S/C15H13BrN2O2/c1-8-11(4-3-5-12(8)16)14-18-13-6-10(9(2)19)7-17-15(13)20-14/h3-7,9,19H,1-2H3. The van der Waals surface area contributed by atoms with Gasteiger partial charge in [0.2, 0.25) is 11.6 Å². The van der Waals surface area contributed by atoms with E-state index in [-0.39, 0.29) is 0 Å². The van der Waals surface area contributed by atoms with Crippen LogP contribution in [-0.4, -0.2) is 15.1 Å². The van der Waals surface area contributed by atoms with Crippen LogP contribution in [0.15, 0.2) is 39.4 Å². The highest BCUT2D eigenvalue weighted by Crippen LogP contribution is 2.30. The van der Waals surface area contributed by atoms with Gasteiger partial charge >= 0.3 is 0 Å². The highest BCUT2D eigenvalue weighted by molar-refractivity contribution is 9.10. The third-order valence-electron chi connectivity index (χ3n) is 3.25. The molecule has 0 spiro atoms. The van der Waals surface area contributed by atoms with Crippen molar-refractivity contribution in [2.45, 2.75) is 20.0 Å². The molecule has 1 aromatic carbocycles. The molecule has 0 aliphatic heterocycles. The van der Waals surface area contributed by atoms with Gasteiger partial charge in [0.15, 0.2) is 0 Å². The first-order valence-electron chi connectivity index (χ1n) is 6.26. The summed E-state index contributed by atoms with van der Waals surface area (Å²) in [5.74, 6) is 0.536. The molecule has 1 N–H and O–H groups in total. The van der Waals surface area contributed by atoms with E-state index in [1.165, 1.54) is 0 Å². The van der Waals surface area contributed by atoms with E-state index in [1.54, 1.807) is 19.2 Å². The fourth-order valence-corrected chi connectivity index (χ4v) is 2.39. The van der Waals surface area contributed by atoms with Gasteiger partial charge in [-0.1, -0.05) is 22.0 Å². The quantitative estimate of drug-likeness (QED) is 0.770. The van der Waals surface area contributed by atoms with Gasteiger partial charge in [0.05, 0.1) is 6.10 Å². The Balaban J connectivity index is 2.15. The van der Waals surface area contributed by atoms with Gasteiger partial charge in [-0.05, 0) is 37.6 Å². The number of hydrogen-bond donors (Lipinski definition) is 1. The Labute approximate surface area is 124 Å². The van der Waals surface area contributed by atoms with E-state index in [9.17, 15) is 5.11 Å². The highest BCUT2D eigenvalue weighted by atomic mass is 79.9. The summed E-state index contributed by atoms with van der Waals surface area (Å²) in [6, 6.07) is 7.68. The second-order valence-electron chi connectivity index (χ2n) is 4.70. The monoisotopic (exact) mass is 332 g/mol. The van der Waals surface area contributed by atoms with E-state index in [0.717, 1.165) is 21.2 Å². The molecule has 4 nitrogen and oxygen atoms in total. The summed E-state index contributed by atoms with van der Waals surface area (Å²) in [7, 11) is 0. The molecule has 1 atom stereocenters. The number of fused-ring (bicyclic) bond motifs is 1. The zero-order chi connectivity index (χ0) is 14.3. The number of aliphatic hydroxyl groups is 1. The lowest BCUT2D eigenvalue weighted by Crippen LogP contribution is -1.91. The first-order chi connectivity index (χ1) is 9.56. The first-order valence-corrected chi connectivity index (χ1v) is 7.05. The Hall–Kier alpha value is -1.72. The van der Waals surface area contributed by atoms with Gasteiger partial charge in [-0.3, -0.25) is 0 Å². The molecule has 102 valence electrons. The van der Waals surface area contributed by atoms with Gasteiger partial charge in [-0.2, -0.15) is 0 Å². The van der Waals surface area contributed by atoms with Crippen LogP contribution in [0.5, 0.6) is 0 Å². The lowest BCUT2D eigenvalue weighted by molar-refractivity contribution is 0.199. The predicted molar refractivity (Wildman–Crippen MR) is 80.3 cm³/mol. The van der Waals surface area contributed by atoms with E-state index in [1.807, 2.05) is 25.1 Å². The Bertz CT molecular complexity index is 781. The van der Waals surface area contributed by atoms with Crippen molar-refractivity contribution < 1.29 is 9.52 Å². The maximum atomic E-state index is 9.58. The Kier molecular flexibility index (Phi) is 3.31. The van der Waals surface area contributed by atoms with Gasteiger partial charge in [0.1, 0.15) is 5.52 Å². The molecule has 0 aliphatic rings. The molecule has 0 aliphatic carbocycles. The first kappa shape index (κ1) is 13.3. The molecule has 0 fully saturated rings.